The van der Waals surface area contributed by atoms with E-state index in [-0.39, 0.29) is 25.9 Å². The van der Waals surface area contributed by atoms with E-state index >= 15 is 0 Å². The molecule has 0 saturated carbocycles. The van der Waals surface area contributed by atoms with Crippen LogP contribution >= 0.6 is 7.82 Å². The molecule has 3 atom stereocenters. The average molecular weight is 1030 g/mol. The number of allylic oxidation sites excluding steroid dienone is 14. The molecule has 2 N–H and O–H groups in total. The Hall–Kier alpha value is -3.34. The Morgan fingerprint density at radius 3 is 1.18 bits per heavy atom. The molecule has 72 heavy (non-hydrogen) atoms. The molecule has 0 spiro atoms. The van der Waals surface area contributed by atoms with Crippen molar-refractivity contribution in [3.05, 3.63) is 85.1 Å². The Balaban J connectivity index is 4.80. The highest BCUT2D eigenvalue weighted by Gasteiger charge is 2.28. The molecular formula is C60H103O11P. The molecule has 0 fully saturated rings. The molecule has 414 valence electrons. The Labute approximate surface area is 439 Å². The van der Waals surface area contributed by atoms with Crippen molar-refractivity contribution in [2.24, 2.45) is 0 Å². The summed E-state index contributed by atoms with van der Waals surface area (Å²) in [6.07, 6.45) is 61.1. The molecule has 0 aromatic carbocycles. The number of rotatable bonds is 52. The zero-order valence-corrected chi connectivity index (χ0v) is 46.5. The first kappa shape index (κ1) is 68.7. The maximum Gasteiger partial charge on any atom is 0.472 e. The second-order valence-corrected chi connectivity index (χ2v) is 20.2. The van der Waals surface area contributed by atoms with Crippen LogP contribution in [0.4, 0.5) is 0 Å². The van der Waals surface area contributed by atoms with Gasteiger partial charge in [0.2, 0.25) is 0 Å². The average Bonchev–Trinajstić information content (AvgIpc) is 3.37. The van der Waals surface area contributed by atoms with Gasteiger partial charge in [0.25, 0.3) is 0 Å². The van der Waals surface area contributed by atoms with Gasteiger partial charge in [0.15, 0.2) is 6.10 Å². The molecule has 0 radical (unpaired) electrons. The quantitative estimate of drug-likeness (QED) is 0.0197. The van der Waals surface area contributed by atoms with E-state index in [0.717, 1.165) is 141 Å². The molecule has 0 saturated heterocycles. The van der Waals surface area contributed by atoms with Crippen LogP contribution in [0.1, 0.15) is 239 Å². The fourth-order valence-corrected chi connectivity index (χ4v) is 8.22. The van der Waals surface area contributed by atoms with Gasteiger partial charge in [-0.05, 0) is 109 Å². The Kier molecular flexibility index (Phi) is 51.4. The number of aliphatic hydroxyl groups excluding tert-OH is 1. The number of unbranched alkanes of at least 4 members (excludes halogenated alkanes) is 21. The highest BCUT2D eigenvalue weighted by atomic mass is 31.2. The predicted octanol–water partition coefficient (Wildman–Crippen LogP) is 16.7. The summed E-state index contributed by atoms with van der Waals surface area (Å²) in [6.45, 7) is 4.41. The van der Waals surface area contributed by atoms with Crippen molar-refractivity contribution in [2.75, 3.05) is 26.4 Å². The lowest BCUT2D eigenvalue weighted by molar-refractivity contribution is -0.161. The number of carbonyl (C=O) groups excluding carboxylic acids is 3. The highest BCUT2D eigenvalue weighted by molar-refractivity contribution is 7.47. The van der Waals surface area contributed by atoms with Crippen molar-refractivity contribution in [1.82, 2.24) is 0 Å². The van der Waals surface area contributed by atoms with Crippen molar-refractivity contribution in [3.63, 3.8) is 0 Å². The van der Waals surface area contributed by atoms with E-state index in [9.17, 15) is 28.9 Å². The molecule has 0 aliphatic heterocycles. The first-order valence-electron chi connectivity index (χ1n) is 28.5. The van der Waals surface area contributed by atoms with Gasteiger partial charge in [0, 0.05) is 19.3 Å². The second kappa shape index (κ2) is 53.9. The van der Waals surface area contributed by atoms with Gasteiger partial charge in [-0.1, -0.05) is 196 Å². The number of hydrogen-bond donors (Lipinski definition) is 2. The SMILES string of the molecule is CC/C=C\C/C=C\C/C=C\C/C=C\CCCCCCC(=O)OC(COC(=O)CCCCCCC/C=C\CCCCCCCC)COP(=O)(O)OCC(CO)OC(=O)CCCCCCC/C=C\C/C=C\CCC. The molecule has 3 unspecified atom stereocenters. The zero-order chi connectivity index (χ0) is 52.7. The Morgan fingerprint density at radius 2 is 0.750 bits per heavy atom. The van der Waals surface area contributed by atoms with Gasteiger partial charge in [-0.2, -0.15) is 0 Å². The standard InChI is InChI=1S/C60H103O11P/c1-4-7-10-13-16-19-22-25-27-28-30-33-36-39-42-45-48-51-60(64)71-57(53-67-58(62)49-46-43-40-37-34-32-29-26-23-20-17-14-11-8-5-2)55-69-72(65,66)68-54-56(52-61)70-59(63)50-47-44-41-38-35-31-24-21-18-15-12-9-6-3/h7,10,12,15-16,19,21,24-27,29-30,33,56-57,61H,4-6,8-9,11,13-14,17-18,20,22-23,28,31-32,34-55H2,1-3H3,(H,65,66)/b10-7-,15-12-,19-16-,24-21-,27-25-,29-26-,33-30-. The van der Waals surface area contributed by atoms with Crippen molar-refractivity contribution >= 4 is 25.7 Å². The highest BCUT2D eigenvalue weighted by Crippen LogP contribution is 2.43. The Morgan fingerprint density at radius 1 is 0.403 bits per heavy atom. The van der Waals surface area contributed by atoms with E-state index in [0.29, 0.717) is 19.3 Å². The third-order valence-electron chi connectivity index (χ3n) is 11.8. The third kappa shape index (κ3) is 51.6. The molecule has 0 aromatic rings. The summed E-state index contributed by atoms with van der Waals surface area (Å²) in [5.41, 5.74) is 0. The van der Waals surface area contributed by atoms with Crippen LogP contribution in [0.3, 0.4) is 0 Å². The molecule has 11 nitrogen and oxygen atoms in total. The van der Waals surface area contributed by atoms with Gasteiger partial charge in [-0.3, -0.25) is 23.4 Å². The fraction of sp³-hybridized carbons (Fsp3) is 0.717. The molecule has 0 aliphatic rings. The largest absolute Gasteiger partial charge is 0.472 e. The molecule has 0 bridgehead atoms. The smallest absolute Gasteiger partial charge is 0.462 e. The van der Waals surface area contributed by atoms with Gasteiger partial charge < -0.3 is 24.2 Å². The first-order valence-corrected chi connectivity index (χ1v) is 30.0. The predicted molar refractivity (Wildman–Crippen MR) is 298 cm³/mol. The normalized spacial score (nSPS) is 14.0. The van der Waals surface area contributed by atoms with Crippen molar-refractivity contribution in [2.45, 2.75) is 251 Å². The molecule has 12 heteroatoms. The topological polar surface area (TPSA) is 155 Å². The van der Waals surface area contributed by atoms with Gasteiger partial charge >= 0.3 is 25.7 Å². The number of phosphoric acid groups is 1. The van der Waals surface area contributed by atoms with Crippen molar-refractivity contribution < 1.29 is 52.2 Å². The van der Waals surface area contributed by atoms with Crippen LogP contribution in [-0.2, 0) is 42.2 Å². The van der Waals surface area contributed by atoms with Crippen molar-refractivity contribution in [1.29, 1.82) is 0 Å². The van der Waals surface area contributed by atoms with Crippen LogP contribution in [0, 0.1) is 0 Å². The summed E-state index contributed by atoms with van der Waals surface area (Å²) in [5, 5.41) is 9.80. The summed E-state index contributed by atoms with van der Waals surface area (Å²) in [5.74, 6) is -1.52. The monoisotopic (exact) mass is 1030 g/mol. The first-order chi connectivity index (χ1) is 35.2. The number of esters is 3. The van der Waals surface area contributed by atoms with Crippen LogP contribution in [0.25, 0.3) is 0 Å². The van der Waals surface area contributed by atoms with Gasteiger partial charge in [0.05, 0.1) is 19.8 Å². The lowest BCUT2D eigenvalue weighted by Gasteiger charge is -2.21. The molecular weight excluding hydrogens is 928 g/mol. The summed E-state index contributed by atoms with van der Waals surface area (Å²) in [6, 6.07) is 0. The van der Waals surface area contributed by atoms with Crippen LogP contribution in [-0.4, -0.2) is 66.5 Å². The van der Waals surface area contributed by atoms with Gasteiger partial charge in [-0.15, -0.1) is 0 Å². The van der Waals surface area contributed by atoms with E-state index in [1.807, 2.05) is 0 Å². The van der Waals surface area contributed by atoms with Gasteiger partial charge in [-0.25, -0.2) is 4.57 Å². The van der Waals surface area contributed by atoms with Gasteiger partial charge in [0.1, 0.15) is 12.7 Å². The number of ether oxygens (including phenoxy) is 3. The van der Waals surface area contributed by atoms with E-state index in [4.69, 9.17) is 23.3 Å². The summed E-state index contributed by atoms with van der Waals surface area (Å²) in [4.78, 5) is 48.5. The van der Waals surface area contributed by atoms with E-state index in [2.05, 4.69) is 106 Å². The maximum absolute atomic E-state index is 12.9. The Bertz CT molecular complexity index is 1530. The second-order valence-electron chi connectivity index (χ2n) is 18.7. The van der Waals surface area contributed by atoms with Crippen molar-refractivity contribution in [3.8, 4) is 0 Å². The number of carbonyl (C=O) groups is 3. The molecule has 0 aliphatic carbocycles. The molecule has 0 rings (SSSR count). The van der Waals surface area contributed by atoms with E-state index in [1.54, 1.807) is 0 Å². The minimum absolute atomic E-state index is 0.134. The van der Waals surface area contributed by atoms with Crippen LogP contribution in [0.15, 0.2) is 85.1 Å². The minimum Gasteiger partial charge on any atom is -0.462 e. The third-order valence-corrected chi connectivity index (χ3v) is 12.7. The summed E-state index contributed by atoms with van der Waals surface area (Å²) < 4.78 is 39.5. The maximum atomic E-state index is 12.9. The summed E-state index contributed by atoms with van der Waals surface area (Å²) >= 11 is 0. The minimum atomic E-state index is -4.76. The summed E-state index contributed by atoms with van der Waals surface area (Å²) in [7, 11) is -4.76. The fourth-order valence-electron chi connectivity index (χ4n) is 7.44. The molecule has 0 aromatic heterocycles. The lowest BCUT2D eigenvalue weighted by Crippen LogP contribution is -2.30. The lowest BCUT2D eigenvalue weighted by atomic mass is 10.1. The van der Waals surface area contributed by atoms with Crippen LogP contribution in [0.5, 0.6) is 0 Å². The molecule has 0 amide bonds. The molecule has 0 heterocycles. The number of hydrogen-bond acceptors (Lipinski definition) is 10. The zero-order valence-electron chi connectivity index (χ0n) is 45.6. The van der Waals surface area contributed by atoms with E-state index in [1.165, 1.54) is 38.5 Å². The van der Waals surface area contributed by atoms with Crippen LogP contribution < -0.4 is 0 Å². The number of aliphatic hydroxyl groups is 1. The van der Waals surface area contributed by atoms with Crippen LogP contribution in [0.2, 0.25) is 0 Å². The van der Waals surface area contributed by atoms with E-state index < -0.39 is 57.8 Å². The number of phosphoric ester groups is 1.